The van der Waals surface area contributed by atoms with Gasteiger partial charge in [0.2, 0.25) is 0 Å². The van der Waals surface area contributed by atoms with Gasteiger partial charge in [0, 0.05) is 18.5 Å². The predicted molar refractivity (Wildman–Crippen MR) is 111 cm³/mol. The third kappa shape index (κ3) is 3.64. The molecule has 0 saturated carbocycles. The Balaban J connectivity index is 1.80. The van der Waals surface area contributed by atoms with Crippen LogP contribution in [0.25, 0.3) is 5.69 Å². The summed E-state index contributed by atoms with van der Waals surface area (Å²) in [5.74, 6) is 1.88. The van der Waals surface area contributed by atoms with E-state index in [1.54, 1.807) is 13.2 Å². The van der Waals surface area contributed by atoms with E-state index in [1.807, 2.05) is 28.9 Å². The minimum Gasteiger partial charge on any atom is -0.497 e. The van der Waals surface area contributed by atoms with E-state index in [4.69, 9.17) is 33.0 Å². The zero-order chi connectivity index (χ0) is 18.8. The van der Waals surface area contributed by atoms with Gasteiger partial charge in [-0.05, 0) is 49.1 Å². The number of ether oxygens (including phenoxy) is 1. The SMILES string of the molecule is COc1cccc(Cc2nn(-c3cccc(Cl)c3Cl)c3c2CCCCN3)c1. The Morgan fingerprint density at radius 3 is 2.85 bits per heavy atom. The van der Waals surface area contributed by atoms with Crippen LogP contribution in [0.4, 0.5) is 5.82 Å². The molecule has 1 aromatic heterocycles. The summed E-state index contributed by atoms with van der Waals surface area (Å²) in [7, 11) is 1.69. The largest absolute Gasteiger partial charge is 0.497 e. The lowest BCUT2D eigenvalue weighted by Gasteiger charge is -2.11. The molecule has 27 heavy (non-hydrogen) atoms. The van der Waals surface area contributed by atoms with Crippen molar-refractivity contribution in [1.82, 2.24) is 9.78 Å². The van der Waals surface area contributed by atoms with Crippen molar-refractivity contribution in [3.05, 3.63) is 69.3 Å². The molecule has 4 nitrogen and oxygen atoms in total. The van der Waals surface area contributed by atoms with Crippen LogP contribution in [-0.4, -0.2) is 23.4 Å². The molecule has 0 radical (unpaired) electrons. The number of anilines is 1. The van der Waals surface area contributed by atoms with E-state index in [2.05, 4.69) is 17.4 Å². The van der Waals surface area contributed by atoms with Gasteiger partial charge in [0.25, 0.3) is 0 Å². The fourth-order valence-corrected chi connectivity index (χ4v) is 3.90. The van der Waals surface area contributed by atoms with Crippen molar-refractivity contribution in [3.63, 3.8) is 0 Å². The first kappa shape index (κ1) is 18.2. The number of fused-ring (bicyclic) bond motifs is 1. The van der Waals surface area contributed by atoms with E-state index >= 15 is 0 Å². The van der Waals surface area contributed by atoms with Crippen LogP contribution in [0.5, 0.6) is 5.75 Å². The van der Waals surface area contributed by atoms with Crippen molar-refractivity contribution in [2.45, 2.75) is 25.7 Å². The Morgan fingerprint density at radius 2 is 2.00 bits per heavy atom. The zero-order valence-electron chi connectivity index (χ0n) is 15.1. The number of hydrogen-bond donors (Lipinski definition) is 1. The normalized spacial score (nSPS) is 13.6. The lowest BCUT2D eigenvalue weighted by atomic mass is 10.0. The summed E-state index contributed by atoms with van der Waals surface area (Å²) < 4.78 is 7.27. The van der Waals surface area contributed by atoms with Gasteiger partial charge in [0.05, 0.1) is 28.5 Å². The van der Waals surface area contributed by atoms with Crippen LogP contribution in [0.2, 0.25) is 10.0 Å². The summed E-state index contributed by atoms with van der Waals surface area (Å²) in [6, 6.07) is 13.8. The highest BCUT2D eigenvalue weighted by Crippen LogP contribution is 2.34. The van der Waals surface area contributed by atoms with Crippen molar-refractivity contribution in [3.8, 4) is 11.4 Å². The molecule has 4 rings (SSSR count). The van der Waals surface area contributed by atoms with Gasteiger partial charge in [0.15, 0.2) is 0 Å². The van der Waals surface area contributed by atoms with Gasteiger partial charge < -0.3 is 10.1 Å². The van der Waals surface area contributed by atoms with Crippen LogP contribution in [-0.2, 0) is 12.8 Å². The van der Waals surface area contributed by atoms with Crippen LogP contribution in [0, 0.1) is 0 Å². The quantitative estimate of drug-likeness (QED) is 0.624. The third-order valence-electron chi connectivity index (χ3n) is 4.88. The second-order valence-corrected chi connectivity index (χ2v) is 7.46. The minimum absolute atomic E-state index is 0.517. The maximum atomic E-state index is 6.48. The summed E-state index contributed by atoms with van der Waals surface area (Å²) in [6.45, 7) is 0.926. The van der Waals surface area contributed by atoms with Crippen molar-refractivity contribution >= 4 is 29.0 Å². The number of nitrogens with one attached hydrogen (secondary N) is 1. The van der Waals surface area contributed by atoms with Crippen LogP contribution < -0.4 is 10.1 Å². The molecule has 1 N–H and O–H groups in total. The second kappa shape index (κ2) is 7.83. The molecule has 6 heteroatoms. The number of halogens is 2. The molecule has 1 aliphatic heterocycles. The van der Waals surface area contributed by atoms with Gasteiger partial charge >= 0.3 is 0 Å². The summed E-state index contributed by atoms with van der Waals surface area (Å²) in [4.78, 5) is 0. The van der Waals surface area contributed by atoms with Crippen molar-refractivity contribution in [2.75, 3.05) is 19.0 Å². The average Bonchev–Trinajstić information content (AvgIpc) is 2.85. The maximum Gasteiger partial charge on any atom is 0.133 e. The minimum atomic E-state index is 0.517. The van der Waals surface area contributed by atoms with Gasteiger partial charge in [0.1, 0.15) is 11.6 Å². The summed E-state index contributed by atoms with van der Waals surface area (Å²) in [5.41, 5.74) is 4.28. The van der Waals surface area contributed by atoms with Crippen molar-refractivity contribution in [2.24, 2.45) is 0 Å². The van der Waals surface area contributed by atoms with E-state index < -0.39 is 0 Å². The van der Waals surface area contributed by atoms with Gasteiger partial charge in [-0.3, -0.25) is 0 Å². The Kier molecular flexibility index (Phi) is 5.28. The monoisotopic (exact) mass is 401 g/mol. The smallest absolute Gasteiger partial charge is 0.133 e. The van der Waals surface area contributed by atoms with E-state index in [0.29, 0.717) is 10.0 Å². The number of hydrogen-bond acceptors (Lipinski definition) is 3. The van der Waals surface area contributed by atoms with Gasteiger partial charge in [-0.15, -0.1) is 0 Å². The second-order valence-electron chi connectivity index (χ2n) is 6.67. The fraction of sp³-hybridized carbons (Fsp3) is 0.286. The number of aromatic nitrogens is 2. The van der Waals surface area contributed by atoms with Gasteiger partial charge in [-0.1, -0.05) is 41.4 Å². The molecule has 3 aromatic rings. The molecule has 0 saturated heterocycles. The summed E-state index contributed by atoms with van der Waals surface area (Å²) in [6.07, 6.45) is 4.02. The van der Waals surface area contributed by atoms with E-state index in [1.165, 1.54) is 11.1 Å². The van der Waals surface area contributed by atoms with E-state index in [0.717, 1.165) is 55.2 Å². The molecule has 0 fully saturated rings. The molecular weight excluding hydrogens is 381 g/mol. The maximum absolute atomic E-state index is 6.48. The Hall–Kier alpha value is -2.17. The number of methoxy groups -OCH3 is 1. The van der Waals surface area contributed by atoms with Crippen LogP contribution >= 0.6 is 23.2 Å². The van der Waals surface area contributed by atoms with E-state index in [9.17, 15) is 0 Å². The Labute approximate surface area is 169 Å². The fourth-order valence-electron chi connectivity index (χ4n) is 3.52. The Morgan fingerprint density at radius 1 is 1.15 bits per heavy atom. The molecule has 2 aromatic carbocycles. The highest BCUT2D eigenvalue weighted by Gasteiger charge is 2.22. The molecule has 0 spiro atoms. The lowest BCUT2D eigenvalue weighted by molar-refractivity contribution is 0.414. The van der Waals surface area contributed by atoms with Crippen molar-refractivity contribution in [1.29, 1.82) is 0 Å². The molecule has 0 atom stereocenters. The number of nitrogens with zero attached hydrogens (tertiary/aromatic N) is 2. The first-order valence-electron chi connectivity index (χ1n) is 9.09. The van der Waals surface area contributed by atoms with Crippen LogP contribution in [0.15, 0.2) is 42.5 Å². The van der Waals surface area contributed by atoms with E-state index in [-0.39, 0.29) is 0 Å². The number of benzene rings is 2. The highest BCUT2D eigenvalue weighted by atomic mass is 35.5. The molecule has 0 unspecified atom stereocenters. The summed E-state index contributed by atoms with van der Waals surface area (Å²) >= 11 is 12.7. The average molecular weight is 402 g/mol. The zero-order valence-corrected chi connectivity index (χ0v) is 16.6. The molecular formula is C21H21Cl2N3O. The topological polar surface area (TPSA) is 39.1 Å². The molecule has 1 aliphatic rings. The first-order valence-corrected chi connectivity index (χ1v) is 9.85. The summed E-state index contributed by atoms with van der Waals surface area (Å²) in [5, 5.41) is 9.51. The molecule has 140 valence electrons. The van der Waals surface area contributed by atoms with Crippen LogP contribution in [0.1, 0.15) is 29.7 Å². The number of rotatable bonds is 4. The Bertz CT molecular complexity index is 968. The van der Waals surface area contributed by atoms with Crippen molar-refractivity contribution < 1.29 is 4.74 Å². The molecule has 0 amide bonds. The first-order chi connectivity index (χ1) is 13.2. The lowest BCUT2D eigenvalue weighted by Crippen LogP contribution is -2.07. The van der Waals surface area contributed by atoms with Gasteiger partial charge in [-0.25, -0.2) is 4.68 Å². The van der Waals surface area contributed by atoms with Gasteiger partial charge in [-0.2, -0.15) is 5.10 Å². The standard InChI is InChI=1S/C21H21Cl2N3O/c1-27-15-7-4-6-14(12-15)13-18-16-8-2-3-11-24-21(16)26(25-18)19-10-5-9-17(22)20(19)23/h4-7,9-10,12,24H,2-3,8,11,13H2,1H3. The predicted octanol–water partition coefficient (Wildman–Crippen LogP) is 5.53. The highest BCUT2D eigenvalue weighted by molar-refractivity contribution is 6.43. The molecule has 2 heterocycles. The molecule has 0 bridgehead atoms. The molecule has 0 aliphatic carbocycles. The van der Waals surface area contributed by atoms with Crippen LogP contribution in [0.3, 0.4) is 0 Å². The third-order valence-corrected chi connectivity index (χ3v) is 5.69.